The molecule has 0 amide bonds. The lowest BCUT2D eigenvalue weighted by atomic mass is 9.47. The molecule has 6 heteroatoms. The van der Waals surface area contributed by atoms with Crippen LogP contribution in [0.1, 0.15) is 71.6 Å². The number of hydrogen-bond donors (Lipinski definition) is 0. The summed E-state index contributed by atoms with van der Waals surface area (Å²) in [7, 11) is -4.57. The van der Waals surface area contributed by atoms with Crippen LogP contribution in [0.2, 0.25) is 0 Å². The third-order valence-electron chi connectivity index (χ3n) is 9.16. The number of pyridine rings is 1. The zero-order valence-electron chi connectivity index (χ0n) is 18.3. The molecule has 4 aliphatic carbocycles. The van der Waals surface area contributed by atoms with Crippen LogP contribution in [0.15, 0.2) is 30.6 Å². The maximum atomic E-state index is 10.9. The van der Waals surface area contributed by atoms with E-state index in [-0.39, 0.29) is 6.10 Å². The molecule has 4 saturated carbocycles. The lowest BCUT2D eigenvalue weighted by Gasteiger charge is -2.59. The molecule has 0 bridgehead atoms. The first-order valence-electron chi connectivity index (χ1n) is 11.8. The van der Waals surface area contributed by atoms with Gasteiger partial charge in [0.05, 0.1) is 6.10 Å². The van der Waals surface area contributed by atoms with Crippen molar-refractivity contribution in [3.8, 4) is 0 Å². The highest BCUT2D eigenvalue weighted by molar-refractivity contribution is 7.80. The van der Waals surface area contributed by atoms with Crippen LogP contribution in [0.4, 0.5) is 0 Å². The lowest BCUT2D eigenvalue weighted by molar-refractivity contribution is -0.377. The van der Waals surface area contributed by atoms with E-state index in [1.54, 1.807) is 0 Å². The summed E-state index contributed by atoms with van der Waals surface area (Å²) in [6.45, 7) is 4.90. The second-order valence-corrected chi connectivity index (χ2v) is 11.5. The topological polar surface area (TPSA) is 80.6 Å². The van der Waals surface area contributed by atoms with Gasteiger partial charge in [-0.05, 0) is 92.3 Å². The molecule has 5 nitrogen and oxygen atoms in total. The van der Waals surface area contributed by atoms with E-state index in [9.17, 15) is 13.0 Å². The smallest absolute Gasteiger partial charge is 0.217 e. The van der Waals surface area contributed by atoms with Gasteiger partial charge >= 0.3 is 0 Å². The van der Waals surface area contributed by atoms with Gasteiger partial charge in [-0.1, -0.05) is 26.3 Å². The number of fused-ring (bicyclic) bond motifs is 5. The van der Waals surface area contributed by atoms with E-state index in [4.69, 9.17) is 4.18 Å². The van der Waals surface area contributed by atoms with Crippen molar-refractivity contribution in [2.45, 2.75) is 77.7 Å². The number of nitrogens with one attached hydrogen (secondary N) is 1. The molecule has 0 spiro atoms. The molecule has 30 heavy (non-hydrogen) atoms. The van der Waals surface area contributed by atoms with Crippen molar-refractivity contribution >= 4 is 10.4 Å². The number of aromatic amines is 1. The zero-order valence-corrected chi connectivity index (χ0v) is 19.1. The van der Waals surface area contributed by atoms with Gasteiger partial charge in [0.1, 0.15) is 0 Å². The Kier molecular flexibility index (Phi) is 6.57. The number of hydrogen-bond acceptors (Lipinski definition) is 4. The third kappa shape index (κ3) is 4.61. The van der Waals surface area contributed by atoms with Crippen LogP contribution in [0.5, 0.6) is 0 Å². The Morgan fingerprint density at radius 1 is 0.933 bits per heavy atom. The van der Waals surface area contributed by atoms with Crippen molar-refractivity contribution in [3.05, 3.63) is 30.6 Å². The number of H-pyrrole nitrogens is 1. The first-order valence-corrected chi connectivity index (χ1v) is 13.2. The Bertz CT molecular complexity index is 774. The standard InChI is InChI=1S/C19H32O4S.C5H5N/c1-12-3-5-16-15(12)7-8-18-17(16)6-4-13-11-14(23-24(20,21)22)9-10-19(13,18)2;1-2-4-6-5-3-1/h12-18H,3-11H2,1-2H3,(H,20,21,22);1-5H/t12-,13+,14+,15-,16+,17+,18-,19-;/m0./s1. The summed E-state index contributed by atoms with van der Waals surface area (Å²) in [6.07, 6.45) is 13.9. The monoisotopic (exact) mass is 435 g/mol. The molecule has 8 atom stereocenters. The summed E-state index contributed by atoms with van der Waals surface area (Å²) < 4.78 is 37.6. The molecule has 0 saturated heterocycles. The molecular weight excluding hydrogens is 398 g/mol. The molecule has 0 aliphatic heterocycles. The minimum absolute atomic E-state index is 0.326. The van der Waals surface area contributed by atoms with E-state index in [0.717, 1.165) is 48.9 Å². The van der Waals surface area contributed by atoms with E-state index >= 15 is 0 Å². The molecule has 1 aromatic heterocycles. The quantitative estimate of drug-likeness (QED) is 0.501. The SMILES string of the molecule is C[C@H]1CC[C@@H]2[C@H]1CC[C@H]1[C@@H]2CC[C@@H]2C[C@H](OS(=O)(=O)[O-])CC[C@@]21C.c1cc[nH+]cc1. The molecule has 1 heterocycles. The van der Waals surface area contributed by atoms with Crippen LogP contribution in [0, 0.1) is 40.9 Å². The highest BCUT2D eigenvalue weighted by atomic mass is 32.3. The minimum Gasteiger partial charge on any atom is -0.726 e. The van der Waals surface area contributed by atoms with E-state index in [0.29, 0.717) is 11.3 Å². The average Bonchev–Trinajstić information content (AvgIpc) is 3.10. The van der Waals surface area contributed by atoms with Crippen molar-refractivity contribution in [3.63, 3.8) is 0 Å². The van der Waals surface area contributed by atoms with Gasteiger partial charge in [-0.25, -0.2) is 13.4 Å². The molecule has 4 fully saturated rings. The summed E-state index contributed by atoms with van der Waals surface area (Å²) in [5.74, 6) is 5.01. The fourth-order valence-electron chi connectivity index (χ4n) is 7.76. The number of rotatable bonds is 2. The van der Waals surface area contributed by atoms with Crippen molar-refractivity contribution in [2.24, 2.45) is 40.9 Å². The van der Waals surface area contributed by atoms with Gasteiger partial charge in [-0.15, -0.1) is 0 Å². The Balaban J connectivity index is 0.000000313. The van der Waals surface area contributed by atoms with Gasteiger partial charge in [0.25, 0.3) is 0 Å². The van der Waals surface area contributed by atoms with Crippen LogP contribution in [0.25, 0.3) is 0 Å². The first kappa shape index (κ1) is 22.2. The number of aromatic nitrogens is 1. The first-order chi connectivity index (χ1) is 14.3. The molecule has 1 aromatic rings. The maximum absolute atomic E-state index is 10.9. The highest BCUT2D eigenvalue weighted by Crippen LogP contribution is 2.63. The molecule has 168 valence electrons. The summed E-state index contributed by atoms with van der Waals surface area (Å²) in [6, 6.07) is 5.86. The fourth-order valence-corrected chi connectivity index (χ4v) is 8.27. The maximum Gasteiger partial charge on any atom is 0.217 e. The lowest BCUT2D eigenvalue weighted by Crippen LogP contribution is -2.52. The predicted molar refractivity (Wildman–Crippen MR) is 114 cm³/mol. The van der Waals surface area contributed by atoms with E-state index in [1.807, 2.05) is 30.6 Å². The predicted octanol–water partition coefficient (Wildman–Crippen LogP) is 4.62. The van der Waals surface area contributed by atoms with E-state index in [1.165, 1.54) is 38.5 Å². The molecule has 4 aliphatic rings. The van der Waals surface area contributed by atoms with Crippen molar-refractivity contribution < 1.29 is 22.1 Å². The third-order valence-corrected chi connectivity index (χ3v) is 9.66. The highest BCUT2D eigenvalue weighted by Gasteiger charge is 2.56. The fraction of sp³-hybridized carbons (Fsp3) is 0.792. The van der Waals surface area contributed by atoms with Crippen molar-refractivity contribution in [1.82, 2.24) is 0 Å². The van der Waals surface area contributed by atoms with Gasteiger partial charge in [-0.2, -0.15) is 0 Å². The largest absolute Gasteiger partial charge is 0.726 e. The van der Waals surface area contributed by atoms with Gasteiger partial charge < -0.3 is 4.55 Å². The van der Waals surface area contributed by atoms with Crippen LogP contribution >= 0.6 is 0 Å². The zero-order chi connectivity index (χ0) is 21.4. The molecule has 0 radical (unpaired) electrons. The Morgan fingerprint density at radius 3 is 2.27 bits per heavy atom. The normalized spacial score (nSPS) is 42.8. The van der Waals surface area contributed by atoms with E-state index < -0.39 is 10.4 Å². The summed E-state index contributed by atoms with van der Waals surface area (Å²) in [5.41, 5.74) is 0.326. The van der Waals surface area contributed by atoms with Crippen molar-refractivity contribution in [1.29, 1.82) is 0 Å². The summed E-state index contributed by atoms with van der Waals surface area (Å²) in [5, 5.41) is 0. The van der Waals surface area contributed by atoms with E-state index in [2.05, 4.69) is 18.8 Å². The molecular formula is C24H37NO4S. The van der Waals surface area contributed by atoms with Gasteiger partial charge in [-0.3, -0.25) is 4.18 Å². The average molecular weight is 436 g/mol. The van der Waals surface area contributed by atoms with Crippen LogP contribution in [-0.2, 0) is 14.6 Å². The second-order valence-electron chi connectivity index (χ2n) is 10.5. The molecule has 1 N–H and O–H groups in total. The Hall–Kier alpha value is -0.980. The Morgan fingerprint density at radius 2 is 1.63 bits per heavy atom. The van der Waals surface area contributed by atoms with Gasteiger partial charge in [0, 0.05) is 12.1 Å². The van der Waals surface area contributed by atoms with Crippen molar-refractivity contribution in [2.75, 3.05) is 0 Å². The summed E-state index contributed by atoms with van der Waals surface area (Å²) >= 11 is 0. The van der Waals surface area contributed by atoms with Crippen LogP contribution in [0.3, 0.4) is 0 Å². The van der Waals surface area contributed by atoms with Gasteiger partial charge in [0.15, 0.2) is 12.4 Å². The second kappa shape index (κ2) is 8.87. The summed E-state index contributed by atoms with van der Waals surface area (Å²) in [4.78, 5) is 2.89. The molecule has 5 rings (SSSR count). The Labute approximate surface area is 182 Å². The van der Waals surface area contributed by atoms with Crippen LogP contribution < -0.4 is 4.98 Å². The van der Waals surface area contributed by atoms with Crippen LogP contribution in [-0.4, -0.2) is 19.1 Å². The minimum atomic E-state index is -4.57. The molecule has 0 aromatic carbocycles. The molecule has 0 unspecified atom stereocenters. The van der Waals surface area contributed by atoms with Gasteiger partial charge in [0.2, 0.25) is 10.4 Å².